The van der Waals surface area contributed by atoms with E-state index in [1.807, 2.05) is 0 Å². The molecule has 1 aromatic carbocycles. The van der Waals surface area contributed by atoms with Crippen LogP contribution in [0.1, 0.15) is 63.6 Å². The largest absolute Gasteiger partial charge is 0.496 e. The Morgan fingerprint density at radius 3 is 2.58 bits per heavy atom. The normalized spacial score (nSPS) is 14.2. The molecule has 0 fully saturated rings. The molecular weight excluding hydrogens is 234 g/mol. The summed E-state index contributed by atoms with van der Waals surface area (Å²) in [4.78, 5) is 0. The summed E-state index contributed by atoms with van der Waals surface area (Å²) in [6.45, 7) is 8.86. The van der Waals surface area contributed by atoms with Crippen LogP contribution in [0, 0.1) is 6.92 Å². The number of hydrogen-bond acceptors (Lipinski definition) is 2. The van der Waals surface area contributed by atoms with Gasteiger partial charge in [-0.1, -0.05) is 44.4 Å². The van der Waals surface area contributed by atoms with Crippen LogP contribution in [0.25, 0.3) is 0 Å². The van der Waals surface area contributed by atoms with Gasteiger partial charge in [-0.3, -0.25) is 0 Å². The molecule has 0 saturated carbocycles. The van der Waals surface area contributed by atoms with Gasteiger partial charge in [0, 0.05) is 17.6 Å². The van der Waals surface area contributed by atoms with Crippen LogP contribution >= 0.6 is 0 Å². The third kappa shape index (κ3) is 4.87. The van der Waals surface area contributed by atoms with Crippen LogP contribution in [-0.4, -0.2) is 13.2 Å². The molecule has 0 aliphatic heterocycles. The number of nitrogens with one attached hydrogen (secondary N) is 1. The van der Waals surface area contributed by atoms with Crippen LogP contribution < -0.4 is 10.1 Å². The molecule has 0 heterocycles. The molecule has 1 N–H and O–H groups in total. The quantitative estimate of drug-likeness (QED) is 0.738. The zero-order valence-electron chi connectivity index (χ0n) is 13.1. The van der Waals surface area contributed by atoms with E-state index in [-0.39, 0.29) is 0 Å². The van der Waals surface area contributed by atoms with E-state index in [0.29, 0.717) is 12.1 Å². The fraction of sp³-hybridized carbons (Fsp3) is 0.647. The summed E-state index contributed by atoms with van der Waals surface area (Å²) in [5.41, 5.74) is 2.54. The van der Waals surface area contributed by atoms with Gasteiger partial charge in [0.25, 0.3) is 0 Å². The lowest BCUT2D eigenvalue weighted by molar-refractivity contribution is 0.380. The number of hydrogen-bond donors (Lipinski definition) is 1. The summed E-state index contributed by atoms with van der Waals surface area (Å²) in [5.74, 6) is 0.982. The van der Waals surface area contributed by atoms with Crippen LogP contribution in [0.4, 0.5) is 0 Å². The maximum atomic E-state index is 5.48. The second kappa shape index (κ2) is 8.21. The lowest BCUT2D eigenvalue weighted by Gasteiger charge is -2.24. The monoisotopic (exact) mass is 263 g/mol. The van der Waals surface area contributed by atoms with E-state index >= 15 is 0 Å². The van der Waals surface area contributed by atoms with Gasteiger partial charge >= 0.3 is 0 Å². The van der Waals surface area contributed by atoms with Crippen molar-refractivity contribution in [3.8, 4) is 5.75 Å². The smallest absolute Gasteiger partial charge is 0.123 e. The van der Waals surface area contributed by atoms with Gasteiger partial charge in [-0.2, -0.15) is 0 Å². The molecule has 0 saturated heterocycles. The van der Waals surface area contributed by atoms with Crippen LogP contribution in [0.5, 0.6) is 5.75 Å². The topological polar surface area (TPSA) is 21.3 Å². The number of unbranched alkanes of at least 4 members (excludes halogenated alkanes) is 1. The fourth-order valence-electron chi connectivity index (χ4n) is 2.49. The highest BCUT2D eigenvalue weighted by Crippen LogP contribution is 2.27. The first-order chi connectivity index (χ1) is 9.12. The van der Waals surface area contributed by atoms with Crippen LogP contribution in [0.2, 0.25) is 0 Å². The fourth-order valence-corrected chi connectivity index (χ4v) is 2.49. The number of benzene rings is 1. The Bertz CT molecular complexity index is 376. The van der Waals surface area contributed by atoms with Crippen molar-refractivity contribution >= 4 is 0 Å². The Hall–Kier alpha value is -1.02. The van der Waals surface area contributed by atoms with Crippen molar-refractivity contribution in [3.63, 3.8) is 0 Å². The molecule has 1 rings (SSSR count). The van der Waals surface area contributed by atoms with Crippen molar-refractivity contribution in [3.05, 3.63) is 29.3 Å². The highest BCUT2D eigenvalue weighted by Gasteiger charge is 2.15. The minimum Gasteiger partial charge on any atom is -0.496 e. The van der Waals surface area contributed by atoms with Gasteiger partial charge in [-0.05, 0) is 32.8 Å². The van der Waals surface area contributed by atoms with Crippen molar-refractivity contribution in [2.24, 2.45) is 0 Å². The van der Waals surface area contributed by atoms with E-state index in [2.05, 4.69) is 51.2 Å². The molecule has 0 radical (unpaired) electrons. The maximum absolute atomic E-state index is 5.48. The molecule has 2 atom stereocenters. The molecule has 2 nitrogen and oxygen atoms in total. The zero-order chi connectivity index (χ0) is 14.3. The average molecular weight is 263 g/mol. The van der Waals surface area contributed by atoms with E-state index in [9.17, 15) is 0 Å². The van der Waals surface area contributed by atoms with Gasteiger partial charge in [0.1, 0.15) is 5.75 Å². The van der Waals surface area contributed by atoms with E-state index in [1.54, 1.807) is 7.11 Å². The van der Waals surface area contributed by atoms with Crippen LogP contribution in [0.3, 0.4) is 0 Å². The Kier molecular flexibility index (Phi) is 6.93. The predicted molar refractivity (Wildman–Crippen MR) is 82.9 cm³/mol. The second-order valence-corrected chi connectivity index (χ2v) is 5.38. The van der Waals surface area contributed by atoms with Crippen molar-refractivity contribution in [1.29, 1.82) is 0 Å². The summed E-state index contributed by atoms with van der Waals surface area (Å²) >= 11 is 0. The molecular formula is C17H29NO. The molecule has 0 aromatic heterocycles. The molecule has 0 aliphatic carbocycles. The zero-order valence-corrected chi connectivity index (χ0v) is 13.1. The minimum absolute atomic E-state index is 0.330. The first kappa shape index (κ1) is 16.0. The van der Waals surface area contributed by atoms with Crippen molar-refractivity contribution < 1.29 is 4.74 Å². The van der Waals surface area contributed by atoms with Gasteiger partial charge in [0.15, 0.2) is 0 Å². The molecule has 108 valence electrons. The lowest BCUT2D eigenvalue weighted by atomic mass is 10.0. The number of methoxy groups -OCH3 is 1. The van der Waals surface area contributed by atoms with Crippen molar-refractivity contribution in [2.45, 2.75) is 65.5 Å². The molecule has 0 amide bonds. The Morgan fingerprint density at radius 1 is 1.26 bits per heavy atom. The van der Waals surface area contributed by atoms with Crippen LogP contribution in [-0.2, 0) is 0 Å². The average Bonchev–Trinajstić information content (AvgIpc) is 2.43. The lowest BCUT2D eigenvalue weighted by Crippen LogP contribution is -2.31. The molecule has 1 aromatic rings. The van der Waals surface area contributed by atoms with Gasteiger partial charge < -0.3 is 10.1 Å². The van der Waals surface area contributed by atoms with Gasteiger partial charge in [-0.15, -0.1) is 0 Å². The summed E-state index contributed by atoms with van der Waals surface area (Å²) in [6, 6.07) is 7.32. The van der Waals surface area contributed by atoms with E-state index in [4.69, 9.17) is 4.74 Å². The Morgan fingerprint density at radius 2 is 2.00 bits per heavy atom. The highest BCUT2D eigenvalue weighted by atomic mass is 16.5. The third-order valence-electron chi connectivity index (χ3n) is 3.74. The minimum atomic E-state index is 0.330. The van der Waals surface area contributed by atoms with Crippen LogP contribution in [0.15, 0.2) is 18.2 Å². The molecule has 0 aliphatic rings. The standard InChI is InChI=1S/C17H29NO/c1-6-8-9-15(7-2)18-14(4)16-12-13(3)10-11-17(16)19-5/h10-12,14-15,18H,6-9H2,1-5H3. The molecule has 0 bridgehead atoms. The van der Waals surface area contributed by atoms with Gasteiger partial charge in [-0.25, -0.2) is 0 Å². The van der Waals surface area contributed by atoms with E-state index in [0.717, 1.165) is 5.75 Å². The first-order valence-electron chi connectivity index (χ1n) is 7.52. The van der Waals surface area contributed by atoms with Crippen molar-refractivity contribution in [1.82, 2.24) is 5.32 Å². The van der Waals surface area contributed by atoms with E-state index in [1.165, 1.54) is 36.8 Å². The van der Waals surface area contributed by atoms with Crippen molar-refractivity contribution in [2.75, 3.05) is 7.11 Å². The number of ether oxygens (including phenoxy) is 1. The Balaban J connectivity index is 2.75. The third-order valence-corrected chi connectivity index (χ3v) is 3.74. The molecule has 2 heteroatoms. The summed E-state index contributed by atoms with van der Waals surface area (Å²) in [6.07, 6.45) is 4.99. The SMILES string of the molecule is CCCCC(CC)NC(C)c1cc(C)ccc1OC. The summed E-state index contributed by atoms with van der Waals surface area (Å²) in [5, 5.41) is 3.74. The number of aryl methyl sites for hydroxylation is 1. The van der Waals surface area contributed by atoms with E-state index < -0.39 is 0 Å². The van der Waals surface area contributed by atoms with Gasteiger partial charge in [0.2, 0.25) is 0 Å². The first-order valence-corrected chi connectivity index (χ1v) is 7.52. The summed E-state index contributed by atoms with van der Waals surface area (Å²) < 4.78 is 5.48. The molecule has 19 heavy (non-hydrogen) atoms. The molecule has 0 spiro atoms. The molecule has 2 unspecified atom stereocenters. The Labute approximate surface area is 118 Å². The highest BCUT2D eigenvalue weighted by molar-refractivity contribution is 5.38. The second-order valence-electron chi connectivity index (χ2n) is 5.38. The predicted octanol–water partition coefficient (Wildman–Crippen LogP) is 4.62. The number of rotatable bonds is 8. The summed E-state index contributed by atoms with van der Waals surface area (Å²) in [7, 11) is 1.75. The maximum Gasteiger partial charge on any atom is 0.123 e. The van der Waals surface area contributed by atoms with Gasteiger partial charge in [0.05, 0.1) is 7.11 Å².